The van der Waals surface area contributed by atoms with Crippen LogP contribution in [0.15, 0.2) is 12.1 Å². The van der Waals surface area contributed by atoms with Crippen LogP contribution in [0.3, 0.4) is 0 Å². The third-order valence-corrected chi connectivity index (χ3v) is 7.27. The highest BCUT2D eigenvalue weighted by molar-refractivity contribution is 5.93. The van der Waals surface area contributed by atoms with Crippen molar-refractivity contribution in [2.45, 2.75) is 76.7 Å². The van der Waals surface area contributed by atoms with Gasteiger partial charge in [0, 0.05) is 30.6 Å². The number of likely N-dealkylation sites (tertiary alicyclic amines) is 1. The molecule has 0 spiro atoms. The maximum atomic E-state index is 15.0. The van der Waals surface area contributed by atoms with E-state index in [0.717, 1.165) is 5.56 Å². The summed E-state index contributed by atoms with van der Waals surface area (Å²) < 4.78 is 22.3. The minimum absolute atomic E-state index is 0.0343. The van der Waals surface area contributed by atoms with Crippen LogP contribution in [-0.2, 0) is 4.74 Å². The summed E-state index contributed by atoms with van der Waals surface area (Å²) in [5, 5.41) is 21.4. The third-order valence-electron chi connectivity index (χ3n) is 7.27. The van der Waals surface area contributed by atoms with Gasteiger partial charge in [0.25, 0.3) is 5.91 Å². The Hall–Kier alpha value is -3.42. The number of hydrogen-bond acceptors (Lipinski definition) is 6. The van der Waals surface area contributed by atoms with E-state index in [1.807, 2.05) is 4.57 Å². The van der Waals surface area contributed by atoms with E-state index in [2.05, 4.69) is 16.8 Å². The van der Waals surface area contributed by atoms with E-state index < -0.39 is 35.1 Å². The zero-order chi connectivity index (χ0) is 27.7. The van der Waals surface area contributed by atoms with Crippen molar-refractivity contribution in [1.82, 2.24) is 14.5 Å². The first-order chi connectivity index (χ1) is 17.6. The van der Waals surface area contributed by atoms with Crippen LogP contribution in [0, 0.1) is 23.6 Å². The molecular formula is C28H33FN4O5. The van der Waals surface area contributed by atoms with E-state index in [-0.39, 0.29) is 42.2 Å². The molecule has 4 heterocycles. The Kier molecular flexibility index (Phi) is 6.08. The molecule has 0 unspecified atom stereocenters. The Bertz CT molecular complexity index is 1380. The maximum Gasteiger partial charge on any atom is 0.410 e. The minimum Gasteiger partial charge on any atom is -0.444 e. The van der Waals surface area contributed by atoms with Gasteiger partial charge in [0.15, 0.2) is 5.69 Å². The number of halogens is 1. The topological polar surface area (TPSA) is 131 Å². The number of carbonyl (C=O) groups excluding carboxylic acids is 2. The summed E-state index contributed by atoms with van der Waals surface area (Å²) in [6.45, 7) is 8.92. The van der Waals surface area contributed by atoms with E-state index >= 15 is 0 Å². The third kappa shape index (κ3) is 4.65. The quantitative estimate of drug-likeness (QED) is 0.529. The van der Waals surface area contributed by atoms with Gasteiger partial charge in [-0.15, -0.1) is 0 Å². The van der Waals surface area contributed by atoms with Crippen molar-refractivity contribution < 1.29 is 28.9 Å². The lowest BCUT2D eigenvalue weighted by atomic mass is 9.75. The van der Waals surface area contributed by atoms with Crippen LogP contribution in [0.4, 0.5) is 9.18 Å². The number of aliphatic hydroxyl groups is 2. The number of ether oxygens (including phenoxy) is 1. The summed E-state index contributed by atoms with van der Waals surface area (Å²) in [6, 6.07) is 3.01. The first kappa shape index (κ1) is 26.2. The van der Waals surface area contributed by atoms with E-state index in [9.17, 15) is 24.2 Å². The molecule has 0 radical (unpaired) electrons. The van der Waals surface area contributed by atoms with Gasteiger partial charge in [-0.3, -0.25) is 4.79 Å². The first-order valence-electron chi connectivity index (χ1n) is 12.8. The molecule has 2 amide bonds. The summed E-state index contributed by atoms with van der Waals surface area (Å²) in [5.41, 5.74) is 5.58. The predicted octanol–water partition coefficient (Wildman–Crippen LogP) is 3.24. The second-order valence-electron chi connectivity index (χ2n) is 12.0. The summed E-state index contributed by atoms with van der Waals surface area (Å²) in [5.74, 6) is 4.30. The SMILES string of the molecule is CC(C)(O)C#Cc1cc2c(cc1F)C1CC(C1)n1c-2nc(C(N)=O)c1[C@@H](O)C1CN(C(=O)OC(C)(C)C)C1. The van der Waals surface area contributed by atoms with Crippen LogP contribution in [0.5, 0.6) is 0 Å². The zero-order valence-corrected chi connectivity index (χ0v) is 22.2. The fourth-order valence-electron chi connectivity index (χ4n) is 5.37. The van der Waals surface area contributed by atoms with Crippen LogP contribution < -0.4 is 5.73 Å². The molecule has 1 saturated carbocycles. The highest BCUT2D eigenvalue weighted by Crippen LogP contribution is 2.54. The van der Waals surface area contributed by atoms with Crippen molar-refractivity contribution in [3.63, 3.8) is 0 Å². The molecule has 1 aromatic carbocycles. The van der Waals surface area contributed by atoms with E-state index in [4.69, 9.17) is 10.5 Å². The van der Waals surface area contributed by atoms with Crippen LogP contribution >= 0.6 is 0 Å². The molecule has 4 N–H and O–H groups in total. The van der Waals surface area contributed by atoms with E-state index in [1.165, 1.54) is 24.8 Å². The van der Waals surface area contributed by atoms with Crippen LogP contribution in [0.2, 0.25) is 0 Å². The molecule has 2 aromatic rings. The summed E-state index contributed by atoms with van der Waals surface area (Å²) in [6.07, 6.45) is -0.137. The lowest BCUT2D eigenvalue weighted by Crippen LogP contribution is -2.53. The van der Waals surface area contributed by atoms with Crippen molar-refractivity contribution in [2.24, 2.45) is 11.7 Å². The number of nitrogens with zero attached hydrogens (tertiary/aromatic N) is 3. The molecule has 9 nitrogen and oxygen atoms in total. The van der Waals surface area contributed by atoms with Gasteiger partial charge in [0.2, 0.25) is 0 Å². The smallest absolute Gasteiger partial charge is 0.410 e. The Morgan fingerprint density at radius 1 is 1.21 bits per heavy atom. The van der Waals surface area contributed by atoms with Gasteiger partial charge in [-0.2, -0.15) is 0 Å². The van der Waals surface area contributed by atoms with Crippen molar-refractivity contribution in [1.29, 1.82) is 0 Å². The van der Waals surface area contributed by atoms with Crippen LogP contribution in [-0.4, -0.2) is 61.0 Å². The van der Waals surface area contributed by atoms with Crippen molar-refractivity contribution in [3.8, 4) is 23.2 Å². The van der Waals surface area contributed by atoms with Gasteiger partial charge in [-0.05, 0) is 71.1 Å². The summed E-state index contributed by atoms with van der Waals surface area (Å²) >= 11 is 0. The first-order valence-corrected chi connectivity index (χ1v) is 12.8. The second-order valence-corrected chi connectivity index (χ2v) is 12.0. The average Bonchev–Trinajstić information content (AvgIpc) is 2.98. The number of carbonyl (C=O) groups is 2. The molecule has 10 heteroatoms. The minimum atomic E-state index is -1.30. The number of imidazole rings is 1. The van der Waals surface area contributed by atoms with Crippen molar-refractivity contribution in [3.05, 3.63) is 40.5 Å². The highest BCUT2D eigenvalue weighted by Gasteiger charge is 2.46. The molecule has 38 heavy (non-hydrogen) atoms. The van der Waals surface area contributed by atoms with Gasteiger partial charge < -0.3 is 30.2 Å². The molecule has 6 rings (SSSR count). The molecule has 1 saturated heterocycles. The van der Waals surface area contributed by atoms with Gasteiger partial charge in [-0.1, -0.05) is 11.8 Å². The predicted molar refractivity (Wildman–Crippen MR) is 137 cm³/mol. The van der Waals surface area contributed by atoms with Gasteiger partial charge in [0.05, 0.1) is 11.3 Å². The van der Waals surface area contributed by atoms with Gasteiger partial charge >= 0.3 is 6.09 Å². The number of aromatic nitrogens is 2. The van der Waals surface area contributed by atoms with Crippen molar-refractivity contribution in [2.75, 3.05) is 13.1 Å². The van der Waals surface area contributed by atoms with E-state index in [1.54, 1.807) is 26.8 Å². The molecule has 1 aromatic heterocycles. The van der Waals surface area contributed by atoms with Crippen LogP contribution in [0.1, 0.15) is 92.8 Å². The van der Waals surface area contributed by atoms with E-state index in [0.29, 0.717) is 29.9 Å². The Balaban J connectivity index is 1.53. The maximum absolute atomic E-state index is 15.0. The molecule has 1 aliphatic carbocycles. The molecule has 202 valence electrons. The van der Waals surface area contributed by atoms with Gasteiger partial charge in [0.1, 0.15) is 28.9 Å². The van der Waals surface area contributed by atoms with Crippen LogP contribution in [0.25, 0.3) is 11.4 Å². The molecule has 2 bridgehead atoms. The Morgan fingerprint density at radius 3 is 2.45 bits per heavy atom. The largest absolute Gasteiger partial charge is 0.444 e. The van der Waals surface area contributed by atoms with Crippen molar-refractivity contribution >= 4 is 12.0 Å². The Morgan fingerprint density at radius 2 is 1.87 bits per heavy atom. The number of benzene rings is 1. The second kappa shape index (κ2) is 8.82. The fraction of sp³-hybridized carbons (Fsp3) is 0.536. The normalized spacial score (nSPS) is 21.1. The molecule has 4 aliphatic rings. The Labute approximate surface area is 220 Å². The molecule has 2 fully saturated rings. The lowest BCUT2D eigenvalue weighted by molar-refractivity contribution is -0.0340. The summed E-state index contributed by atoms with van der Waals surface area (Å²) in [4.78, 5) is 31.0. The lowest BCUT2D eigenvalue weighted by Gasteiger charge is -2.43. The number of rotatable bonds is 3. The standard InChI is InChI=1S/C28H33FN4O5/c1-27(2,3)38-26(36)32-12-16(13-32)23(34)22-21(24(30)35)31-25-19-10-14(6-7-28(4,5)37)20(29)11-18(19)15-8-17(9-15)33(22)25/h10-11,15-17,23,34,37H,8-9,12-13H2,1-5H3,(H2,30,35)/t15?,17?,23-/m0/s1. The highest BCUT2D eigenvalue weighted by atomic mass is 19.1. The number of aliphatic hydroxyl groups excluding tert-OH is 1. The molecule has 3 aliphatic heterocycles. The van der Waals surface area contributed by atoms with Gasteiger partial charge in [-0.25, -0.2) is 14.2 Å². The fourth-order valence-corrected chi connectivity index (χ4v) is 5.37. The molecular weight excluding hydrogens is 491 g/mol. The summed E-state index contributed by atoms with van der Waals surface area (Å²) in [7, 11) is 0. The number of amides is 2. The monoisotopic (exact) mass is 524 g/mol. The number of primary amides is 1. The molecule has 1 atom stereocenters. The number of hydrogen-bond donors (Lipinski definition) is 3. The zero-order valence-electron chi connectivity index (χ0n) is 22.2. The number of nitrogens with two attached hydrogens (primary N) is 1. The average molecular weight is 525 g/mol.